The predicted octanol–water partition coefficient (Wildman–Crippen LogP) is 1.83. The summed E-state index contributed by atoms with van der Waals surface area (Å²) >= 11 is 0. The van der Waals surface area contributed by atoms with Gasteiger partial charge < -0.3 is 15.4 Å². The van der Waals surface area contributed by atoms with Crippen molar-refractivity contribution in [2.24, 2.45) is 10.7 Å². The second kappa shape index (κ2) is 6.64. The van der Waals surface area contributed by atoms with Gasteiger partial charge in [0.15, 0.2) is 5.96 Å². The largest absolute Gasteiger partial charge is 0.372 e. The van der Waals surface area contributed by atoms with Gasteiger partial charge in [0.25, 0.3) is 0 Å². The molecule has 16 heavy (non-hydrogen) atoms. The number of ether oxygens (including phenoxy) is 1. The van der Waals surface area contributed by atoms with Crippen LogP contribution >= 0.6 is 24.0 Å². The molecule has 0 aliphatic carbocycles. The maximum Gasteiger partial charge on any atom is 0.190 e. The van der Waals surface area contributed by atoms with E-state index in [1.165, 1.54) is 0 Å². The molecule has 1 aliphatic heterocycles. The highest BCUT2D eigenvalue weighted by molar-refractivity contribution is 14.0. The number of piperidine rings is 1. The van der Waals surface area contributed by atoms with Crippen molar-refractivity contribution >= 4 is 29.9 Å². The van der Waals surface area contributed by atoms with Crippen molar-refractivity contribution in [1.82, 2.24) is 4.90 Å². The fraction of sp³-hybridized carbons (Fsp3) is 0.909. The Morgan fingerprint density at radius 3 is 2.19 bits per heavy atom. The highest BCUT2D eigenvalue weighted by Crippen LogP contribution is 2.19. The van der Waals surface area contributed by atoms with E-state index in [0.717, 1.165) is 25.9 Å². The average Bonchev–Trinajstić information content (AvgIpc) is 2.15. The normalized spacial score (nSPS) is 19.5. The number of rotatable bonds is 1. The molecule has 0 unspecified atom stereocenters. The van der Waals surface area contributed by atoms with Gasteiger partial charge in [0.2, 0.25) is 0 Å². The summed E-state index contributed by atoms with van der Waals surface area (Å²) < 4.78 is 5.93. The lowest BCUT2D eigenvalue weighted by Crippen LogP contribution is -2.45. The number of halogens is 1. The first-order valence-electron chi connectivity index (χ1n) is 5.57. The number of aliphatic imine (C=N–C) groups is 1. The summed E-state index contributed by atoms with van der Waals surface area (Å²) in [6.45, 7) is 8.19. The van der Waals surface area contributed by atoms with Crippen LogP contribution in [-0.4, -0.2) is 42.7 Å². The zero-order valence-electron chi connectivity index (χ0n) is 10.7. The summed E-state index contributed by atoms with van der Waals surface area (Å²) in [5, 5.41) is 0. The maximum absolute atomic E-state index is 5.93. The molecule has 5 heteroatoms. The van der Waals surface area contributed by atoms with E-state index in [2.05, 4.69) is 30.7 Å². The Kier molecular flexibility index (Phi) is 6.62. The maximum atomic E-state index is 5.93. The molecule has 0 amide bonds. The van der Waals surface area contributed by atoms with Crippen LogP contribution in [0.1, 0.15) is 33.6 Å². The van der Waals surface area contributed by atoms with Gasteiger partial charge in [0.05, 0.1) is 11.7 Å². The van der Waals surface area contributed by atoms with Crippen LogP contribution in [0.25, 0.3) is 0 Å². The molecular formula is C11H24IN3O. The Morgan fingerprint density at radius 2 is 1.81 bits per heavy atom. The van der Waals surface area contributed by atoms with Gasteiger partial charge in [0, 0.05) is 20.1 Å². The van der Waals surface area contributed by atoms with Crippen molar-refractivity contribution < 1.29 is 4.74 Å². The van der Waals surface area contributed by atoms with E-state index < -0.39 is 0 Å². The van der Waals surface area contributed by atoms with E-state index >= 15 is 0 Å². The molecule has 0 bridgehead atoms. The Bertz CT molecular complexity index is 230. The van der Waals surface area contributed by atoms with Crippen LogP contribution in [-0.2, 0) is 4.74 Å². The van der Waals surface area contributed by atoms with Gasteiger partial charge in [-0.1, -0.05) is 0 Å². The fourth-order valence-corrected chi connectivity index (χ4v) is 1.84. The Balaban J connectivity index is 0.00000225. The molecule has 96 valence electrons. The highest BCUT2D eigenvalue weighted by atomic mass is 127. The summed E-state index contributed by atoms with van der Waals surface area (Å²) in [7, 11) is 1.73. The minimum absolute atomic E-state index is 0. The summed E-state index contributed by atoms with van der Waals surface area (Å²) in [6.07, 6.45) is 2.44. The molecule has 0 atom stereocenters. The van der Waals surface area contributed by atoms with Crippen molar-refractivity contribution in [3.05, 3.63) is 0 Å². The minimum atomic E-state index is -0.0444. The van der Waals surface area contributed by atoms with Crippen LogP contribution in [0, 0.1) is 0 Å². The Hall–Kier alpha value is -0.0400. The first kappa shape index (κ1) is 16.0. The topological polar surface area (TPSA) is 50.8 Å². The second-order valence-corrected chi connectivity index (χ2v) is 5.00. The number of likely N-dealkylation sites (tertiary alicyclic amines) is 1. The van der Waals surface area contributed by atoms with Gasteiger partial charge in [-0.2, -0.15) is 0 Å². The third kappa shape index (κ3) is 5.34. The molecule has 0 spiro atoms. The quantitative estimate of drug-likeness (QED) is 0.450. The van der Waals surface area contributed by atoms with Crippen molar-refractivity contribution in [1.29, 1.82) is 0 Å². The van der Waals surface area contributed by atoms with Gasteiger partial charge in [-0.15, -0.1) is 24.0 Å². The molecule has 1 rings (SSSR count). The molecule has 0 saturated carbocycles. The molecule has 2 N–H and O–H groups in total. The molecule has 1 fully saturated rings. The van der Waals surface area contributed by atoms with Crippen molar-refractivity contribution in [2.75, 3.05) is 20.1 Å². The molecule has 0 aromatic rings. The second-order valence-electron chi connectivity index (χ2n) is 5.00. The Morgan fingerprint density at radius 1 is 1.31 bits per heavy atom. The number of guanidine groups is 1. The number of nitrogens with two attached hydrogens (primary N) is 1. The third-order valence-electron chi connectivity index (χ3n) is 2.52. The molecule has 0 aromatic heterocycles. The summed E-state index contributed by atoms with van der Waals surface area (Å²) in [6, 6.07) is 0. The van der Waals surface area contributed by atoms with Gasteiger partial charge in [-0.3, -0.25) is 4.99 Å². The summed E-state index contributed by atoms with van der Waals surface area (Å²) in [5.41, 5.74) is 5.71. The van der Waals surface area contributed by atoms with E-state index in [0.29, 0.717) is 12.1 Å². The summed E-state index contributed by atoms with van der Waals surface area (Å²) in [5.74, 6) is 0.643. The predicted molar refractivity (Wildman–Crippen MR) is 78.4 cm³/mol. The van der Waals surface area contributed by atoms with Crippen LogP contribution in [0.3, 0.4) is 0 Å². The molecule has 1 heterocycles. The van der Waals surface area contributed by atoms with Crippen LogP contribution in [0.15, 0.2) is 4.99 Å². The number of hydrogen-bond donors (Lipinski definition) is 1. The van der Waals surface area contributed by atoms with Gasteiger partial charge >= 0.3 is 0 Å². The third-order valence-corrected chi connectivity index (χ3v) is 2.52. The van der Waals surface area contributed by atoms with Gasteiger partial charge in [0.1, 0.15) is 0 Å². The average molecular weight is 341 g/mol. The SMILES string of the molecule is CN=C(N)N1CCC(OC(C)(C)C)CC1.I. The lowest BCUT2D eigenvalue weighted by atomic mass is 10.1. The highest BCUT2D eigenvalue weighted by Gasteiger charge is 2.24. The van der Waals surface area contributed by atoms with Crippen LogP contribution in [0.5, 0.6) is 0 Å². The first-order valence-corrected chi connectivity index (χ1v) is 5.57. The van der Waals surface area contributed by atoms with E-state index in [9.17, 15) is 0 Å². The number of nitrogens with zero attached hydrogens (tertiary/aromatic N) is 2. The lowest BCUT2D eigenvalue weighted by Gasteiger charge is -2.35. The molecule has 4 nitrogen and oxygen atoms in total. The number of hydrogen-bond acceptors (Lipinski definition) is 2. The van der Waals surface area contributed by atoms with E-state index in [1.807, 2.05) is 0 Å². The van der Waals surface area contributed by atoms with Gasteiger partial charge in [-0.05, 0) is 33.6 Å². The van der Waals surface area contributed by atoms with Crippen molar-refractivity contribution in [2.45, 2.75) is 45.3 Å². The lowest BCUT2D eigenvalue weighted by molar-refractivity contribution is -0.0771. The molecule has 1 aliphatic rings. The fourth-order valence-electron chi connectivity index (χ4n) is 1.84. The first-order chi connectivity index (χ1) is 6.92. The molecular weight excluding hydrogens is 317 g/mol. The monoisotopic (exact) mass is 341 g/mol. The van der Waals surface area contributed by atoms with E-state index in [4.69, 9.17) is 10.5 Å². The van der Waals surface area contributed by atoms with Gasteiger partial charge in [-0.25, -0.2) is 0 Å². The van der Waals surface area contributed by atoms with Crippen LogP contribution in [0.4, 0.5) is 0 Å². The molecule has 1 saturated heterocycles. The summed E-state index contributed by atoms with van der Waals surface area (Å²) in [4.78, 5) is 6.10. The van der Waals surface area contributed by atoms with Crippen molar-refractivity contribution in [3.63, 3.8) is 0 Å². The zero-order chi connectivity index (χ0) is 11.5. The molecule has 0 aromatic carbocycles. The minimum Gasteiger partial charge on any atom is -0.372 e. The van der Waals surface area contributed by atoms with Crippen molar-refractivity contribution in [3.8, 4) is 0 Å². The van der Waals surface area contributed by atoms with E-state index in [1.54, 1.807) is 7.05 Å². The van der Waals surface area contributed by atoms with Crippen LogP contribution in [0.2, 0.25) is 0 Å². The molecule has 0 radical (unpaired) electrons. The smallest absolute Gasteiger partial charge is 0.190 e. The standard InChI is InChI=1S/C11H23N3O.HI/c1-11(2,3)15-9-5-7-14(8-6-9)10(12)13-4;/h9H,5-8H2,1-4H3,(H2,12,13);1H. The van der Waals surface area contributed by atoms with E-state index in [-0.39, 0.29) is 29.6 Å². The Labute approximate surface area is 116 Å². The zero-order valence-corrected chi connectivity index (χ0v) is 13.0. The van der Waals surface area contributed by atoms with Crippen LogP contribution < -0.4 is 5.73 Å².